The normalized spacial score (nSPS) is 35.7. The van der Waals surface area contributed by atoms with E-state index in [0.717, 1.165) is 37.2 Å². The first-order valence-corrected chi connectivity index (χ1v) is 9.46. The van der Waals surface area contributed by atoms with Crippen molar-refractivity contribution in [2.24, 2.45) is 5.92 Å². The van der Waals surface area contributed by atoms with Crippen LogP contribution in [0.1, 0.15) is 76.8 Å². The van der Waals surface area contributed by atoms with Gasteiger partial charge in [0.25, 0.3) is 0 Å². The second-order valence-corrected chi connectivity index (χ2v) is 8.92. The Morgan fingerprint density at radius 1 is 1.21 bits per heavy atom. The number of rotatable bonds is 3. The number of ether oxygens (including phenoxy) is 2. The lowest BCUT2D eigenvalue weighted by atomic mass is 9.60. The zero-order valence-corrected chi connectivity index (χ0v) is 15.7. The molecule has 4 rings (SSSR count). The molecule has 3 unspecified atom stereocenters. The second-order valence-electron chi connectivity index (χ2n) is 8.92. The molecule has 1 saturated carbocycles. The third kappa shape index (κ3) is 2.46. The summed E-state index contributed by atoms with van der Waals surface area (Å²) in [6.07, 6.45) is 8.03. The van der Waals surface area contributed by atoms with Crippen LogP contribution in [-0.4, -0.2) is 11.2 Å². The third-order valence-electron chi connectivity index (χ3n) is 6.42. The van der Waals surface area contributed by atoms with E-state index in [1.54, 1.807) is 0 Å². The quantitative estimate of drug-likeness (QED) is 0.641. The van der Waals surface area contributed by atoms with E-state index < -0.39 is 0 Å². The van der Waals surface area contributed by atoms with E-state index in [1.807, 2.05) is 0 Å². The van der Waals surface area contributed by atoms with Crippen LogP contribution in [0, 0.1) is 12.8 Å². The molecule has 130 valence electrons. The van der Waals surface area contributed by atoms with E-state index in [1.165, 1.54) is 23.1 Å². The standard InChI is InChI=1S/C22H30O2/c1-14(2)7-6-9-22(5)17-8-10-21(4)13-16(17)20-18(23-21)11-15(3)12-19(20)24-22/h7,11-12,16-17H,6,8-10,13H2,1-5H3/t16?,17?,21?,22-/m0/s1. The van der Waals surface area contributed by atoms with Gasteiger partial charge in [0.15, 0.2) is 0 Å². The maximum Gasteiger partial charge on any atom is 0.127 e. The Balaban J connectivity index is 1.76. The molecule has 1 aromatic carbocycles. The zero-order chi connectivity index (χ0) is 17.1. The summed E-state index contributed by atoms with van der Waals surface area (Å²) in [5.41, 5.74) is 3.93. The highest BCUT2D eigenvalue weighted by atomic mass is 16.5. The molecule has 1 fully saturated rings. The highest BCUT2D eigenvalue weighted by Crippen LogP contribution is 2.61. The molecule has 4 atom stereocenters. The maximum absolute atomic E-state index is 6.68. The van der Waals surface area contributed by atoms with Crippen LogP contribution in [0.4, 0.5) is 0 Å². The molecule has 0 amide bonds. The van der Waals surface area contributed by atoms with Gasteiger partial charge in [0.2, 0.25) is 0 Å². The molecule has 1 aliphatic carbocycles. The third-order valence-corrected chi connectivity index (χ3v) is 6.42. The summed E-state index contributed by atoms with van der Waals surface area (Å²) in [6, 6.07) is 4.43. The fourth-order valence-corrected chi connectivity index (χ4v) is 5.24. The molecule has 0 aromatic heterocycles. The van der Waals surface area contributed by atoms with Crippen molar-refractivity contribution in [2.45, 2.75) is 83.8 Å². The van der Waals surface area contributed by atoms with Gasteiger partial charge in [-0.1, -0.05) is 11.6 Å². The fraction of sp³-hybridized carbons (Fsp3) is 0.636. The Hall–Kier alpha value is -1.44. The first-order valence-electron chi connectivity index (χ1n) is 9.46. The summed E-state index contributed by atoms with van der Waals surface area (Å²) in [6.45, 7) is 11.1. The average Bonchev–Trinajstić information content (AvgIpc) is 2.44. The lowest BCUT2D eigenvalue weighted by molar-refractivity contribution is -0.0836. The Labute approximate surface area is 146 Å². The van der Waals surface area contributed by atoms with Crippen molar-refractivity contribution in [3.63, 3.8) is 0 Å². The van der Waals surface area contributed by atoms with E-state index in [-0.39, 0.29) is 11.2 Å². The van der Waals surface area contributed by atoms with Gasteiger partial charge in [-0.15, -0.1) is 0 Å². The Kier molecular flexibility index (Phi) is 3.53. The van der Waals surface area contributed by atoms with Gasteiger partial charge in [-0.3, -0.25) is 0 Å². The van der Waals surface area contributed by atoms with Crippen molar-refractivity contribution < 1.29 is 9.47 Å². The minimum Gasteiger partial charge on any atom is -0.487 e. The first-order chi connectivity index (χ1) is 11.3. The molecule has 0 saturated heterocycles. The summed E-state index contributed by atoms with van der Waals surface area (Å²) < 4.78 is 13.1. The predicted octanol–water partition coefficient (Wildman–Crippen LogP) is 5.93. The van der Waals surface area contributed by atoms with Crippen LogP contribution in [0.2, 0.25) is 0 Å². The smallest absolute Gasteiger partial charge is 0.127 e. The molecule has 2 heterocycles. The molecule has 3 aliphatic rings. The van der Waals surface area contributed by atoms with Gasteiger partial charge in [-0.2, -0.15) is 0 Å². The lowest BCUT2D eigenvalue weighted by Gasteiger charge is -2.56. The van der Waals surface area contributed by atoms with Crippen molar-refractivity contribution >= 4 is 0 Å². The number of fused-ring (bicyclic) bond motifs is 1. The predicted molar refractivity (Wildman–Crippen MR) is 98.0 cm³/mol. The van der Waals surface area contributed by atoms with Crippen LogP contribution < -0.4 is 9.47 Å². The summed E-state index contributed by atoms with van der Waals surface area (Å²) in [5.74, 6) is 3.36. The van der Waals surface area contributed by atoms with Gasteiger partial charge in [0.1, 0.15) is 22.7 Å². The molecule has 0 spiro atoms. The number of hydrogen-bond acceptors (Lipinski definition) is 2. The lowest BCUT2D eigenvalue weighted by Crippen LogP contribution is -2.55. The minimum absolute atomic E-state index is 0.0113. The second kappa shape index (κ2) is 5.28. The maximum atomic E-state index is 6.68. The van der Waals surface area contributed by atoms with E-state index in [9.17, 15) is 0 Å². The van der Waals surface area contributed by atoms with Gasteiger partial charge >= 0.3 is 0 Å². The summed E-state index contributed by atoms with van der Waals surface area (Å²) in [4.78, 5) is 0. The van der Waals surface area contributed by atoms with Gasteiger partial charge < -0.3 is 9.47 Å². The number of aryl methyl sites for hydroxylation is 1. The summed E-state index contributed by atoms with van der Waals surface area (Å²) in [5, 5.41) is 0. The van der Waals surface area contributed by atoms with Crippen LogP contribution in [0.25, 0.3) is 0 Å². The zero-order valence-electron chi connectivity index (χ0n) is 15.7. The molecular weight excluding hydrogens is 296 g/mol. The van der Waals surface area contributed by atoms with Crippen molar-refractivity contribution in [3.8, 4) is 11.5 Å². The van der Waals surface area contributed by atoms with Crippen LogP contribution in [0.5, 0.6) is 11.5 Å². The van der Waals surface area contributed by atoms with E-state index in [4.69, 9.17) is 9.47 Å². The fourth-order valence-electron chi connectivity index (χ4n) is 5.24. The Bertz CT molecular complexity index is 700. The molecular formula is C22H30O2. The molecule has 0 radical (unpaired) electrons. The number of benzene rings is 1. The first kappa shape index (κ1) is 16.1. The minimum atomic E-state index is -0.0622. The van der Waals surface area contributed by atoms with Crippen molar-refractivity contribution in [1.82, 2.24) is 0 Å². The largest absolute Gasteiger partial charge is 0.487 e. The van der Waals surface area contributed by atoms with E-state index in [0.29, 0.717) is 11.8 Å². The molecule has 24 heavy (non-hydrogen) atoms. The monoisotopic (exact) mass is 326 g/mol. The summed E-state index contributed by atoms with van der Waals surface area (Å²) in [7, 11) is 0. The SMILES string of the molecule is CC(C)=CCC[C@]1(C)Oc2cc(C)cc3c2C2CC(C)(CCC21)O3. The number of hydrogen-bond donors (Lipinski definition) is 0. The molecule has 0 N–H and O–H groups in total. The highest BCUT2D eigenvalue weighted by Gasteiger charge is 2.55. The highest BCUT2D eigenvalue weighted by molar-refractivity contribution is 5.54. The summed E-state index contributed by atoms with van der Waals surface area (Å²) >= 11 is 0. The average molecular weight is 326 g/mol. The topological polar surface area (TPSA) is 18.5 Å². The van der Waals surface area contributed by atoms with Gasteiger partial charge in [-0.25, -0.2) is 0 Å². The van der Waals surface area contributed by atoms with Crippen LogP contribution in [0.3, 0.4) is 0 Å². The molecule has 2 aliphatic heterocycles. The molecule has 2 bridgehead atoms. The van der Waals surface area contributed by atoms with Crippen LogP contribution in [0.15, 0.2) is 23.8 Å². The molecule has 1 aromatic rings. The Morgan fingerprint density at radius 3 is 2.62 bits per heavy atom. The van der Waals surface area contributed by atoms with Crippen molar-refractivity contribution in [3.05, 3.63) is 34.9 Å². The van der Waals surface area contributed by atoms with Crippen LogP contribution >= 0.6 is 0 Å². The van der Waals surface area contributed by atoms with Crippen molar-refractivity contribution in [2.75, 3.05) is 0 Å². The van der Waals surface area contributed by atoms with E-state index in [2.05, 4.69) is 52.8 Å². The van der Waals surface area contributed by atoms with Gasteiger partial charge in [0, 0.05) is 17.4 Å². The number of allylic oxidation sites excluding steroid dienone is 2. The van der Waals surface area contributed by atoms with Gasteiger partial charge in [-0.05, 0) is 84.4 Å². The van der Waals surface area contributed by atoms with E-state index >= 15 is 0 Å². The van der Waals surface area contributed by atoms with Crippen molar-refractivity contribution in [1.29, 1.82) is 0 Å². The molecule has 2 nitrogen and oxygen atoms in total. The molecule has 2 heteroatoms. The Morgan fingerprint density at radius 2 is 1.92 bits per heavy atom. The van der Waals surface area contributed by atoms with Gasteiger partial charge in [0.05, 0.1) is 0 Å². The van der Waals surface area contributed by atoms with Crippen LogP contribution in [-0.2, 0) is 0 Å².